The number of rotatable bonds is 3. The maximum absolute atomic E-state index is 11.8. The third-order valence-electron chi connectivity index (χ3n) is 2.21. The van der Waals surface area contributed by atoms with Crippen LogP contribution in [0.4, 0.5) is 5.82 Å². The van der Waals surface area contributed by atoms with Crippen LogP contribution in [0.5, 0.6) is 0 Å². The lowest BCUT2D eigenvalue weighted by Gasteiger charge is -2.05. The van der Waals surface area contributed by atoms with E-state index in [0.717, 1.165) is 5.01 Å². The van der Waals surface area contributed by atoms with E-state index in [4.69, 9.17) is 17.3 Å². The summed E-state index contributed by atoms with van der Waals surface area (Å²) in [7, 11) is 0. The Morgan fingerprint density at radius 2 is 2.21 bits per heavy atom. The Bertz CT molecular complexity index is 656. The topological polar surface area (TPSA) is 98.0 Å². The van der Waals surface area contributed by atoms with Gasteiger partial charge in [0.1, 0.15) is 5.69 Å². The lowest BCUT2D eigenvalue weighted by molar-refractivity contribution is 0.0998. The summed E-state index contributed by atoms with van der Waals surface area (Å²) in [5.41, 5.74) is 5.56. The molecule has 2 aromatic rings. The minimum absolute atomic E-state index is 0.136. The Labute approximate surface area is 117 Å². The van der Waals surface area contributed by atoms with Crippen molar-refractivity contribution in [3.63, 3.8) is 0 Å². The van der Waals surface area contributed by atoms with Crippen molar-refractivity contribution in [3.8, 4) is 0 Å². The van der Waals surface area contributed by atoms with Gasteiger partial charge in [-0.3, -0.25) is 9.59 Å². The zero-order valence-corrected chi connectivity index (χ0v) is 11.4. The van der Waals surface area contributed by atoms with Crippen LogP contribution in [0, 0.1) is 6.92 Å². The van der Waals surface area contributed by atoms with Crippen LogP contribution >= 0.6 is 22.9 Å². The Morgan fingerprint density at radius 3 is 2.74 bits per heavy atom. The molecule has 2 aromatic heterocycles. The van der Waals surface area contributed by atoms with Crippen LogP contribution in [-0.4, -0.2) is 21.8 Å². The summed E-state index contributed by atoms with van der Waals surface area (Å²) in [6.07, 6.45) is 1.25. The fraction of sp³-hybridized carbons (Fsp3) is 0.0909. The molecule has 2 heterocycles. The molecule has 3 N–H and O–H groups in total. The number of primary amides is 1. The number of halogens is 1. The van der Waals surface area contributed by atoms with E-state index in [1.807, 2.05) is 0 Å². The molecule has 2 amide bonds. The number of carbonyl (C=O) groups is 2. The molecule has 0 aromatic carbocycles. The van der Waals surface area contributed by atoms with E-state index in [2.05, 4.69) is 15.3 Å². The highest BCUT2D eigenvalue weighted by Crippen LogP contribution is 2.21. The van der Waals surface area contributed by atoms with Gasteiger partial charge >= 0.3 is 0 Å². The van der Waals surface area contributed by atoms with E-state index in [0.29, 0.717) is 5.69 Å². The normalized spacial score (nSPS) is 10.2. The third-order valence-corrected chi connectivity index (χ3v) is 3.27. The summed E-state index contributed by atoms with van der Waals surface area (Å²) in [6.45, 7) is 1.80. The lowest BCUT2D eigenvalue weighted by atomic mass is 10.2. The highest BCUT2D eigenvalue weighted by molar-refractivity contribution is 7.09. The first-order valence-corrected chi connectivity index (χ1v) is 6.42. The number of nitrogens with one attached hydrogen (secondary N) is 1. The van der Waals surface area contributed by atoms with Crippen molar-refractivity contribution in [2.45, 2.75) is 6.92 Å². The van der Waals surface area contributed by atoms with Gasteiger partial charge in [-0.1, -0.05) is 11.6 Å². The number of anilines is 1. The Balaban J connectivity index is 2.20. The van der Waals surface area contributed by atoms with E-state index >= 15 is 0 Å². The summed E-state index contributed by atoms with van der Waals surface area (Å²) in [5.74, 6) is -0.893. The molecular formula is C11H9ClN4O2S. The number of aromatic nitrogens is 2. The lowest BCUT2D eigenvalue weighted by Crippen LogP contribution is -2.15. The minimum atomic E-state index is -0.637. The first-order chi connectivity index (χ1) is 8.97. The second-order valence-electron chi connectivity index (χ2n) is 3.62. The molecule has 0 unspecified atom stereocenters. The molecule has 0 aliphatic carbocycles. The van der Waals surface area contributed by atoms with E-state index in [-0.39, 0.29) is 16.4 Å². The largest absolute Gasteiger partial charge is 0.366 e. The third kappa shape index (κ3) is 3.07. The average Bonchev–Trinajstić information content (AvgIpc) is 2.78. The molecule has 19 heavy (non-hydrogen) atoms. The van der Waals surface area contributed by atoms with E-state index < -0.39 is 11.8 Å². The van der Waals surface area contributed by atoms with Crippen molar-refractivity contribution in [3.05, 3.63) is 38.9 Å². The second-order valence-corrected chi connectivity index (χ2v) is 5.09. The van der Waals surface area contributed by atoms with Gasteiger partial charge in [0, 0.05) is 11.6 Å². The molecule has 0 aliphatic rings. The first-order valence-electron chi connectivity index (χ1n) is 5.16. The molecule has 0 saturated heterocycles. The van der Waals surface area contributed by atoms with Gasteiger partial charge in [-0.25, -0.2) is 9.97 Å². The van der Waals surface area contributed by atoms with Crippen LogP contribution in [0.2, 0.25) is 5.02 Å². The van der Waals surface area contributed by atoms with Crippen LogP contribution < -0.4 is 11.1 Å². The molecule has 0 aliphatic heterocycles. The number of thiazole rings is 1. The van der Waals surface area contributed by atoms with Crippen LogP contribution in [0.15, 0.2) is 17.6 Å². The monoisotopic (exact) mass is 296 g/mol. The predicted molar refractivity (Wildman–Crippen MR) is 72.6 cm³/mol. The van der Waals surface area contributed by atoms with Crippen LogP contribution in [0.25, 0.3) is 0 Å². The SMILES string of the molecule is Cc1nc(C(=O)Nc2ncc(C(N)=O)cc2Cl)cs1. The second kappa shape index (κ2) is 5.33. The van der Waals surface area contributed by atoms with Gasteiger partial charge in [-0.2, -0.15) is 0 Å². The van der Waals surface area contributed by atoms with Crippen molar-refractivity contribution in [1.82, 2.24) is 9.97 Å². The number of hydrogen-bond acceptors (Lipinski definition) is 5. The molecular weight excluding hydrogens is 288 g/mol. The van der Waals surface area contributed by atoms with Crippen LogP contribution in [-0.2, 0) is 0 Å². The number of carbonyl (C=O) groups excluding carboxylic acids is 2. The fourth-order valence-electron chi connectivity index (χ4n) is 1.30. The molecule has 0 bridgehead atoms. The molecule has 0 saturated carbocycles. The molecule has 6 nitrogen and oxygen atoms in total. The number of aryl methyl sites for hydroxylation is 1. The molecule has 0 spiro atoms. The molecule has 8 heteroatoms. The maximum Gasteiger partial charge on any atom is 0.276 e. The number of amides is 2. The van der Waals surface area contributed by atoms with Crippen molar-refractivity contribution in [2.24, 2.45) is 5.73 Å². The predicted octanol–water partition coefficient (Wildman–Crippen LogP) is 1.85. The first kappa shape index (κ1) is 13.4. The summed E-state index contributed by atoms with van der Waals surface area (Å²) < 4.78 is 0. The minimum Gasteiger partial charge on any atom is -0.366 e. The van der Waals surface area contributed by atoms with Crippen molar-refractivity contribution in [1.29, 1.82) is 0 Å². The zero-order chi connectivity index (χ0) is 14.0. The average molecular weight is 297 g/mol. The van der Waals surface area contributed by atoms with Gasteiger partial charge in [0.2, 0.25) is 5.91 Å². The maximum atomic E-state index is 11.8. The smallest absolute Gasteiger partial charge is 0.276 e. The van der Waals surface area contributed by atoms with Gasteiger partial charge in [0.05, 0.1) is 15.6 Å². The van der Waals surface area contributed by atoms with Crippen molar-refractivity contribution >= 4 is 40.6 Å². The van der Waals surface area contributed by atoms with E-state index in [1.54, 1.807) is 12.3 Å². The van der Waals surface area contributed by atoms with Crippen molar-refractivity contribution in [2.75, 3.05) is 5.32 Å². The van der Waals surface area contributed by atoms with E-state index in [1.165, 1.54) is 23.6 Å². The van der Waals surface area contributed by atoms with Crippen LogP contribution in [0.3, 0.4) is 0 Å². The summed E-state index contributed by atoms with van der Waals surface area (Å²) in [5, 5.41) is 5.07. The number of pyridine rings is 1. The number of nitrogens with zero attached hydrogens (tertiary/aromatic N) is 2. The highest BCUT2D eigenvalue weighted by Gasteiger charge is 2.13. The summed E-state index contributed by atoms with van der Waals surface area (Å²) in [6, 6.07) is 1.35. The van der Waals surface area contributed by atoms with Gasteiger partial charge in [-0.15, -0.1) is 11.3 Å². The molecule has 0 radical (unpaired) electrons. The Kier molecular flexibility index (Phi) is 3.77. The van der Waals surface area contributed by atoms with Gasteiger partial charge in [-0.05, 0) is 13.0 Å². The van der Waals surface area contributed by atoms with E-state index in [9.17, 15) is 9.59 Å². The highest BCUT2D eigenvalue weighted by atomic mass is 35.5. The molecule has 98 valence electrons. The molecule has 2 rings (SSSR count). The Morgan fingerprint density at radius 1 is 1.47 bits per heavy atom. The van der Waals surface area contributed by atoms with Gasteiger partial charge in [0.25, 0.3) is 5.91 Å². The van der Waals surface area contributed by atoms with Crippen LogP contribution in [0.1, 0.15) is 25.9 Å². The number of nitrogens with two attached hydrogens (primary N) is 1. The fourth-order valence-corrected chi connectivity index (χ4v) is 2.11. The van der Waals surface area contributed by atoms with Gasteiger partial charge in [0.15, 0.2) is 5.82 Å². The summed E-state index contributed by atoms with van der Waals surface area (Å²) >= 11 is 7.27. The quantitative estimate of drug-likeness (QED) is 0.903. The molecule has 0 fully saturated rings. The Hall–Kier alpha value is -1.99. The van der Waals surface area contributed by atoms with Gasteiger partial charge < -0.3 is 11.1 Å². The standard InChI is InChI=1S/C11H9ClN4O2S/c1-5-15-8(4-19-5)11(18)16-10-7(12)2-6(3-14-10)9(13)17/h2-4H,1H3,(H2,13,17)(H,14,16,18). The zero-order valence-electron chi connectivity index (χ0n) is 9.81. The summed E-state index contributed by atoms with van der Waals surface area (Å²) in [4.78, 5) is 30.7. The van der Waals surface area contributed by atoms with Crippen molar-refractivity contribution < 1.29 is 9.59 Å². The molecule has 0 atom stereocenters. The number of hydrogen-bond donors (Lipinski definition) is 2.